The Morgan fingerprint density at radius 1 is 1.12 bits per heavy atom. The summed E-state index contributed by atoms with van der Waals surface area (Å²) in [6, 6.07) is 10.1. The van der Waals surface area contributed by atoms with Crippen LogP contribution < -0.4 is 0 Å². The Bertz CT molecular complexity index is 559. The van der Waals surface area contributed by atoms with Gasteiger partial charge in [0.15, 0.2) is 6.04 Å². The maximum absolute atomic E-state index is 11.2. The van der Waals surface area contributed by atoms with Gasteiger partial charge in [-0.1, -0.05) is 43.7 Å². The molecule has 146 valence electrons. The van der Waals surface area contributed by atoms with E-state index in [-0.39, 0.29) is 24.4 Å². The zero-order valence-corrected chi connectivity index (χ0v) is 16.5. The smallest absolute Gasteiger partial charge is 0.213 e. The summed E-state index contributed by atoms with van der Waals surface area (Å²) in [5.41, 5.74) is 1.17. The van der Waals surface area contributed by atoms with Gasteiger partial charge >= 0.3 is 0 Å². The van der Waals surface area contributed by atoms with Crippen molar-refractivity contribution >= 4 is 0 Å². The molecule has 1 aromatic carbocycles. The lowest BCUT2D eigenvalue weighted by atomic mass is 9.88. The fourth-order valence-electron chi connectivity index (χ4n) is 4.10. The van der Waals surface area contributed by atoms with Crippen LogP contribution in [0, 0.1) is 0 Å². The minimum atomic E-state index is -0.619. The van der Waals surface area contributed by atoms with Crippen LogP contribution in [0.15, 0.2) is 30.3 Å². The number of quaternary nitrogens is 1. The van der Waals surface area contributed by atoms with Gasteiger partial charge in [0.25, 0.3) is 0 Å². The van der Waals surface area contributed by atoms with Crippen molar-refractivity contribution in [2.45, 2.75) is 69.4 Å². The average molecular weight is 365 g/mol. The van der Waals surface area contributed by atoms with Crippen LogP contribution in [0.25, 0.3) is 0 Å². The Balaban J connectivity index is 1.75. The lowest BCUT2D eigenvalue weighted by molar-refractivity contribution is -0.910. The van der Waals surface area contributed by atoms with E-state index in [0.717, 1.165) is 25.7 Å². The summed E-state index contributed by atoms with van der Waals surface area (Å²) >= 11 is 0. The largest absolute Gasteiger partial charge is 0.384 e. The standard InChI is InChI=1S/C21H34NO4/c1-5-6-14-24-21-18(22(2,3)4)19(23)20-17(26-21)13-12-16(25-20)15-10-8-7-9-11-15/h7-11,16-21,23H,5-6,12-14H2,1-4H3/q+1/t16-,17+,18-,19+,20+,21-/m0/s1. The fraction of sp³-hybridized carbons (Fsp3) is 0.714. The molecule has 3 rings (SSSR count). The van der Waals surface area contributed by atoms with E-state index in [4.69, 9.17) is 14.2 Å². The number of hydrogen-bond donors (Lipinski definition) is 1. The molecule has 26 heavy (non-hydrogen) atoms. The lowest BCUT2D eigenvalue weighted by Crippen LogP contribution is -2.69. The molecule has 2 saturated heterocycles. The van der Waals surface area contributed by atoms with Crippen LogP contribution >= 0.6 is 0 Å². The van der Waals surface area contributed by atoms with Gasteiger partial charge in [0.05, 0.1) is 33.4 Å². The summed E-state index contributed by atoms with van der Waals surface area (Å²) in [4.78, 5) is 0. The second-order valence-electron chi connectivity index (χ2n) is 8.44. The molecular weight excluding hydrogens is 330 g/mol. The maximum Gasteiger partial charge on any atom is 0.213 e. The topological polar surface area (TPSA) is 47.9 Å². The summed E-state index contributed by atoms with van der Waals surface area (Å²) in [7, 11) is 6.22. The van der Waals surface area contributed by atoms with E-state index in [2.05, 4.69) is 40.2 Å². The van der Waals surface area contributed by atoms with Crippen molar-refractivity contribution in [1.82, 2.24) is 0 Å². The molecule has 0 unspecified atom stereocenters. The van der Waals surface area contributed by atoms with Gasteiger partial charge < -0.3 is 23.8 Å². The predicted octanol–water partition coefficient (Wildman–Crippen LogP) is 2.88. The Morgan fingerprint density at radius 3 is 2.50 bits per heavy atom. The molecule has 0 aliphatic carbocycles. The van der Waals surface area contributed by atoms with E-state index in [1.807, 2.05) is 18.2 Å². The third kappa shape index (κ3) is 4.29. The highest BCUT2D eigenvalue weighted by atomic mass is 16.7. The van der Waals surface area contributed by atoms with Crippen LogP contribution in [0.5, 0.6) is 0 Å². The highest BCUT2D eigenvalue weighted by Crippen LogP contribution is 2.39. The first-order chi connectivity index (χ1) is 12.4. The van der Waals surface area contributed by atoms with E-state index in [0.29, 0.717) is 11.1 Å². The van der Waals surface area contributed by atoms with Crippen molar-refractivity contribution in [1.29, 1.82) is 0 Å². The molecule has 6 atom stereocenters. The molecular formula is C21H34NO4+. The highest BCUT2D eigenvalue weighted by Gasteiger charge is 2.54. The normalized spacial score (nSPS) is 35.1. The monoisotopic (exact) mass is 364 g/mol. The average Bonchev–Trinajstić information content (AvgIpc) is 2.61. The second kappa shape index (κ2) is 8.36. The van der Waals surface area contributed by atoms with Gasteiger partial charge in [0, 0.05) is 6.61 Å². The van der Waals surface area contributed by atoms with Crippen molar-refractivity contribution in [3.63, 3.8) is 0 Å². The second-order valence-corrected chi connectivity index (χ2v) is 8.44. The zero-order chi connectivity index (χ0) is 18.7. The highest BCUT2D eigenvalue weighted by molar-refractivity contribution is 5.18. The molecule has 2 fully saturated rings. The van der Waals surface area contributed by atoms with Crippen LogP contribution in [0.3, 0.4) is 0 Å². The van der Waals surface area contributed by atoms with Crippen LogP contribution in [0.2, 0.25) is 0 Å². The fourth-order valence-corrected chi connectivity index (χ4v) is 4.10. The van der Waals surface area contributed by atoms with Crippen molar-refractivity contribution in [2.75, 3.05) is 27.7 Å². The number of nitrogens with zero attached hydrogens (tertiary/aromatic N) is 1. The third-order valence-corrected chi connectivity index (χ3v) is 5.52. The number of benzene rings is 1. The SMILES string of the molecule is CCCCO[C@H]1O[C@@H]2CC[C@@H](c3ccccc3)O[C@H]2[C@H](O)[C@@H]1[N+](C)(C)C. The molecule has 5 nitrogen and oxygen atoms in total. The number of aliphatic hydroxyl groups is 1. The Hall–Kier alpha value is -0.980. The summed E-state index contributed by atoms with van der Waals surface area (Å²) in [6.45, 7) is 2.81. The molecule has 2 heterocycles. The number of hydrogen-bond acceptors (Lipinski definition) is 4. The van der Waals surface area contributed by atoms with Crippen molar-refractivity contribution in [3.8, 4) is 0 Å². The number of ether oxygens (including phenoxy) is 3. The quantitative estimate of drug-likeness (QED) is 0.623. The van der Waals surface area contributed by atoms with E-state index >= 15 is 0 Å². The van der Waals surface area contributed by atoms with Crippen molar-refractivity contribution in [2.24, 2.45) is 0 Å². The zero-order valence-electron chi connectivity index (χ0n) is 16.5. The summed E-state index contributed by atoms with van der Waals surface area (Å²) < 4.78 is 19.3. The minimum Gasteiger partial charge on any atom is -0.384 e. The van der Waals surface area contributed by atoms with Gasteiger partial charge in [0.1, 0.15) is 12.2 Å². The van der Waals surface area contributed by atoms with Crippen molar-refractivity contribution < 1.29 is 23.8 Å². The van der Waals surface area contributed by atoms with Crippen LogP contribution in [0.4, 0.5) is 0 Å². The van der Waals surface area contributed by atoms with Gasteiger partial charge in [-0.25, -0.2) is 0 Å². The van der Waals surface area contributed by atoms with Crippen LogP contribution in [-0.4, -0.2) is 68.0 Å². The van der Waals surface area contributed by atoms with E-state index in [1.165, 1.54) is 5.56 Å². The minimum absolute atomic E-state index is 0.0152. The molecule has 5 heteroatoms. The van der Waals surface area contributed by atoms with E-state index in [9.17, 15) is 5.11 Å². The molecule has 0 spiro atoms. The van der Waals surface area contributed by atoms with Gasteiger partial charge in [0.2, 0.25) is 6.29 Å². The van der Waals surface area contributed by atoms with Gasteiger partial charge in [-0.05, 0) is 24.8 Å². The van der Waals surface area contributed by atoms with E-state index < -0.39 is 12.4 Å². The Kier molecular flexibility index (Phi) is 6.36. The number of fused-ring (bicyclic) bond motifs is 1. The Labute approximate surface area is 157 Å². The molecule has 2 aliphatic rings. The van der Waals surface area contributed by atoms with Gasteiger partial charge in [-0.3, -0.25) is 0 Å². The number of unbranched alkanes of at least 4 members (excludes halogenated alkanes) is 1. The lowest BCUT2D eigenvalue weighted by Gasteiger charge is -2.51. The first-order valence-corrected chi connectivity index (χ1v) is 9.88. The molecule has 0 radical (unpaired) electrons. The summed E-state index contributed by atoms with van der Waals surface area (Å²) in [5.74, 6) is 0. The number of likely N-dealkylation sites (N-methyl/N-ethyl adjacent to an activating group) is 1. The van der Waals surface area contributed by atoms with Crippen LogP contribution in [-0.2, 0) is 14.2 Å². The predicted molar refractivity (Wildman–Crippen MR) is 101 cm³/mol. The number of aliphatic hydroxyl groups excluding tert-OH is 1. The molecule has 0 saturated carbocycles. The third-order valence-electron chi connectivity index (χ3n) is 5.52. The molecule has 0 amide bonds. The first-order valence-electron chi connectivity index (χ1n) is 9.88. The first kappa shape index (κ1) is 19.8. The Morgan fingerprint density at radius 2 is 1.85 bits per heavy atom. The van der Waals surface area contributed by atoms with Crippen molar-refractivity contribution in [3.05, 3.63) is 35.9 Å². The molecule has 2 aliphatic heterocycles. The van der Waals surface area contributed by atoms with Gasteiger partial charge in [-0.2, -0.15) is 0 Å². The number of rotatable bonds is 6. The molecule has 1 aromatic rings. The van der Waals surface area contributed by atoms with Gasteiger partial charge in [-0.15, -0.1) is 0 Å². The van der Waals surface area contributed by atoms with E-state index in [1.54, 1.807) is 0 Å². The summed E-state index contributed by atoms with van der Waals surface area (Å²) in [6.07, 6.45) is 2.43. The summed E-state index contributed by atoms with van der Waals surface area (Å²) in [5, 5.41) is 11.2. The molecule has 0 aromatic heterocycles. The molecule has 1 N–H and O–H groups in total. The maximum atomic E-state index is 11.2. The van der Waals surface area contributed by atoms with Crippen LogP contribution in [0.1, 0.15) is 44.3 Å². The molecule has 0 bridgehead atoms.